The Bertz CT molecular complexity index is 505. The summed E-state index contributed by atoms with van der Waals surface area (Å²) in [5.74, 6) is 0.270. The van der Waals surface area contributed by atoms with Gasteiger partial charge in [-0.1, -0.05) is 64.7 Å². The van der Waals surface area contributed by atoms with Gasteiger partial charge in [0.05, 0.1) is 17.9 Å². The van der Waals surface area contributed by atoms with Gasteiger partial charge >= 0.3 is 0 Å². The minimum Gasteiger partial charge on any atom is -0.212 e. The summed E-state index contributed by atoms with van der Waals surface area (Å²) in [4.78, 5) is 0. The highest BCUT2D eigenvalue weighted by Gasteiger charge is 2.20. The van der Waals surface area contributed by atoms with Gasteiger partial charge in [-0.2, -0.15) is 10.5 Å². The zero-order valence-corrected chi connectivity index (χ0v) is 18.8. The molecule has 6 heteroatoms. The average molecular weight is 412 g/mol. The Balaban J connectivity index is 4.12. The van der Waals surface area contributed by atoms with E-state index in [1.807, 2.05) is 6.92 Å². The lowest BCUT2D eigenvalue weighted by Gasteiger charge is -2.22. The molecule has 0 heterocycles. The first kappa shape index (κ1) is 26.9. The molecule has 0 N–H and O–H groups in total. The summed E-state index contributed by atoms with van der Waals surface area (Å²) < 4.78 is 27.0. The van der Waals surface area contributed by atoms with Crippen LogP contribution in [-0.2, 0) is 10.0 Å². The quantitative estimate of drug-likeness (QED) is 0.232. The molecule has 0 aromatic heterocycles. The van der Waals surface area contributed by atoms with Crippen molar-refractivity contribution in [1.82, 2.24) is 4.31 Å². The van der Waals surface area contributed by atoms with Crippen molar-refractivity contribution in [3.63, 3.8) is 0 Å². The van der Waals surface area contributed by atoms with Crippen molar-refractivity contribution in [3.8, 4) is 12.1 Å². The Labute approximate surface area is 174 Å². The molecule has 28 heavy (non-hydrogen) atoms. The maximum absolute atomic E-state index is 12.6. The summed E-state index contributed by atoms with van der Waals surface area (Å²) in [6.45, 7) is 3.32. The van der Waals surface area contributed by atoms with E-state index >= 15 is 0 Å². The summed E-state index contributed by atoms with van der Waals surface area (Å²) in [5, 5.41) is 17.1. The molecule has 0 aliphatic heterocycles. The van der Waals surface area contributed by atoms with Gasteiger partial charge in [0.1, 0.15) is 0 Å². The fourth-order valence-corrected chi connectivity index (χ4v) is 4.97. The second-order valence-corrected chi connectivity index (χ2v) is 9.72. The minimum atomic E-state index is -3.13. The minimum absolute atomic E-state index is 0.270. The van der Waals surface area contributed by atoms with Crippen LogP contribution in [0.15, 0.2) is 0 Å². The molecule has 0 atom stereocenters. The Morgan fingerprint density at radius 3 is 1.43 bits per heavy atom. The van der Waals surface area contributed by atoms with Crippen LogP contribution < -0.4 is 0 Å². The standard InChI is InChI=1S/C22H41N3O2S/c1-2-3-22-28(26,27)25(20-16-12-8-4-6-10-14-18-23)21-17-13-9-5-7-11-15-19-24/h2-17,20-22H2,1H3. The van der Waals surface area contributed by atoms with Crippen molar-refractivity contribution in [3.05, 3.63) is 0 Å². The van der Waals surface area contributed by atoms with Crippen LogP contribution >= 0.6 is 0 Å². The Kier molecular flexibility index (Phi) is 18.5. The van der Waals surface area contributed by atoms with Crippen LogP contribution in [0, 0.1) is 22.7 Å². The van der Waals surface area contributed by atoms with E-state index in [4.69, 9.17) is 10.5 Å². The molecule has 5 nitrogen and oxygen atoms in total. The van der Waals surface area contributed by atoms with Gasteiger partial charge in [0.15, 0.2) is 0 Å². The highest BCUT2D eigenvalue weighted by atomic mass is 32.2. The second-order valence-electron chi connectivity index (χ2n) is 7.63. The maximum atomic E-state index is 12.6. The Morgan fingerprint density at radius 2 is 1.04 bits per heavy atom. The number of hydrogen-bond acceptors (Lipinski definition) is 4. The largest absolute Gasteiger partial charge is 0.214 e. The zero-order valence-electron chi connectivity index (χ0n) is 18.0. The molecule has 0 rings (SSSR count). The molecule has 162 valence electrons. The highest BCUT2D eigenvalue weighted by Crippen LogP contribution is 2.13. The lowest BCUT2D eigenvalue weighted by molar-refractivity contribution is 0.382. The molecule has 0 radical (unpaired) electrons. The summed E-state index contributed by atoms with van der Waals surface area (Å²) in [5.41, 5.74) is 0. The van der Waals surface area contributed by atoms with Crippen molar-refractivity contribution in [2.75, 3.05) is 18.8 Å². The summed E-state index contributed by atoms with van der Waals surface area (Å²) in [6, 6.07) is 4.35. The molecule has 0 aromatic rings. The van der Waals surface area contributed by atoms with E-state index < -0.39 is 10.0 Å². The van der Waals surface area contributed by atoms with E-state index in [1.54, 1.807) is 4.31 Å². The molecular formula is C22H41N3O2S. The molecule has 0 saturated heterocycles. The molecular weight excluding hydrogens is 370 g/mol. The van der Waals surface area contributed by atoms with Crippen LogP contribution in [-0.4, -0.2) is 31.6 Å². The Hall–Kier alpha value is -1.11. The fourth-order valence-electron chi connectivity index (χ4n) is 3.24. The fraction of sp³-hybridized carbons (Fsp3) is 0.909. The average Bonchev–Trinajstić information content (AvgIpc) is 2.68. The topological polar surface area (TPSA) is 85.0 Å². The number of nitrogens with zero attached hydrogens (tertiary/aromatic N) is 3. The SMILES string of the molecule is CCCCS(=O)(=O)N(CCCCCCCCC#N)CCCCCCCCC#N. The van der Waals surface area contributed by atoms with Crippen molar-refractivity contribution < 1.29 is 8.42 Å². The summed E-state index contributed by atoms with van der Waals surface area (Å²) in [7, 11) is -3.13. The van der Waals surface area contributed by atoms with Crippen LogP contribution in [0.2, 0.25) is 0 Å². The van der Waals surface area contributed by atoms with E-state index in [-0.39, 0.29) is 5.75 Å². The number of rotatable bonds is 20. The lowest BCUT2D eigenvalue weighted by Crippen LogP contribution is -2.34. The number of nitriles is 2. The normalized spacial score (nSPS) is 11.4. The number of hydrogen-bond donors (Lipinski definition) is 0. The van der Waals surface area contributed by atoms with E-state index in [1.165, 1.54) is 0 Å². The van der Waals surface area contributed by atoms with E-state index in [2.05, 4.69) is 12.1 Å². The zero-order chi connectivity index (χ0) is 20.9. The summed E-state index contributed by atoms with van der Waals surface area (Å²) >= 11 is 0. The van der Waals surface area contributed by atoms with Gasteiger partial charge in [-0.25, -0.2) is 12.7 Å². The van der Waals surface area contributed by atoms with E-state index in [0.29, 0.717) is 25.9 Å². The molecule has 0 spiro atoms. The van der Waals surface area contributed by atoms with Crippen molar-refractivity contribution in [2.24, 2.45) is 0 Å². The first-order valence-electron chi connectivity index (χ1n) is 11.3. The van der Waals surface area contributed by atoms with Crippen molar-refractivity contribution in [1.29, 1.82) is 10.5 Å². The van der Waals surface area contributed by atoms with Gasteiger partial charge in [-0.15, -0.1) is 0 Å². The van der Waals surface area contributed by atoms with Crippen LogP contribution in [0.3, 0.4) is 0 Å². The number of unbranched alkanes of at least 4 members (excludes halogenated alkanes) is 13. The van der Waals surface area contributed by atoms with Crippen LogP contribution in [0.1, 0.15) is 110 Å². The molecule has 0 aromatic carbocycles. The van der Waals surface area contributed by atoms with Gasteiger partial charge in [0.25, 0.3) is 0 Å². The van der Waals surface area contributed by atoms with Gasteiger partial charge < -0.3 is 0 Å². The third kappa shape index (κ3) is 15.9. The van der Waals surface area contributed by atoms with E-state index in [9.17, 15) is 8.42 Å². The maximum Gasteiger partial charge on any atom is 0.214 e. The van der Waals surface area contributed by atoms with Crippen molar-refractivity contribution in [2.45, 2.75) is 110 Å². The third-order valence-corrected chi connectivity index (χ3v) is 7.00. The van der Waals surface area contributed by atoms with Crippen LogP contribution in [0.4, 0.5) is 0 Å². The van der Waals surface area contributed by atoms with Gasteiger partial charge in [-0.3, -0.25) is 0 Å². The van der Waals surface area contributed by atoms with E-state index in [0.717, 1.165) is 89.9 Å². The predicted octanol–water partition coefficient (Wildman–Crippen LogP) is 5.93. The smallest absolute Gasteiger partial charge is 0.212 e. The number of sulfonamides is 1. The highest BCUT2D eigenvalue weighted by molar-refractivity contribution is 7.89. The lowest BCUT2D eigenvalue weighted by atomic mass is 10.1. The molecule has 0 saturated carbocycles. The van der Waals surface area contributed by atoms with Gasteiger partial charge in [0, 0.05) is 25.9 Å². The monoisotopic (exact) mass is 411 g/mol. The summed E-state index contributed by atoms with van der Waals surface area (Å²) in [6.07, 6.45) is 15.6. The van der Waals surface area contributed by atoms with Crippen molar-refractivity contribution >= 4 is 10.0 Å². The van der Waals surface area contributed by atoms with Crippen LogP contribution in [0.25, 0.3) is 0 Å². The van der Waals surface area contributed by atoms with Crippen LogP contribution in [0.5, 0.6) is 0 Å². The Morgan fingerprint density at radius 1 is 0.643 bits per heavy atom. The first-order valence-corrected chi connectivity index (χ1v) is 12.9. The van der Waals surface area contributed by atoms with Gasteiger partial charge in [0.2, 0.25) is 10.0 Å². The first-order chi connectivity index (χ1) is 13.6. The van der Waals surface area contributed by atoms with Gasteiger partial charge in [-0.05, 0) is 32.1 Å². The predicted molar refractivity (Wildman–Crippen MR) is 116 cm³/mol. The second kappa shape index (κ2) is 19.2. The molecule has 0 bridgehead atoms. The molecule has 0 aliphatic carbocycles. The molecule has 0 fully saturated rings. The molecule has 0 amide bonds. The molecule has 0 unspecified atom stereocenters. The molecule has 0 aliphatic rings. The third-order valence-electron chi connectivity index (χ3n) is 5.04.